The van der Waals surface area contributed by atoms with Crippen molar-refractivity contribution in [3.05, 3.63) is 71.8 Å². The molecule has 41 heavy (non-hydrogen) atoms. The van der Waals surface area contributed by atoms with Gasteiger partial charge in [-0.2, -0.15) is 4.90 Å². The lowest BCUT2D eigenvalue weighted by atomic mass is 9.51. The second kappa shape index (κ2) is 9.95. The molecule has 2 aliphatic heterocycles. The molecule has 10 heteroatoms. The first kappa shape index (κ1) is 26.9. The molecule has 1 saturated carbocycles. The van der Waals surface area contributed by atoms with E-state index in [-0.39, 0.29) is 37.9 Å². The van der Waals surface area contributed by atoms with Crippen LogP contribution in [0.15, 0.2) is 66.2 Å². The van der Waals surface area contributed by atoms with Crippen LogP contribution in [0.5, 0.6) is 5.75 Å². The van der Waals surface area contributed by atoms with Gasteiger partial charge in [-0.25, -0.2) is 9.69 Å². The molecule has 2 saturated heterocycles. The zero-order valence-electron chi connectivity index (χ0n) is 22.7. The van der Waals surface area contributed by atoms with Gasteiger partial charge in [0.15, 0.2) is 0 Å². The molecule has 3 fully saturated rings. The summed E-state index contributed by atoms with van der Waals surface area (Å²) in [5.74, 6) is -4.80. The zero-order chi connectivity index (χ0) is 29.1. The molecule has 6 rings (SSSR count). The fourth-order valence-corrected chi connectivity index (χ4v) is 7.41. The summed E-state index contributed by atoms with van der Waals surface area (Å²) in [6.45, 7) is 1.81. The molecule has 0 spiro atoms. The Hall–Kier alpha value is -4.31. The van der Waals surface area contributed by atoms with Crippen molar-refractivity contribution in [1.29, 1.82) is 0 Å². The van der Waals surface area contributed by atoms with Crippen LogP contribution in [0.1, 0.15) is 31.2 Å². The SMILES string of the molecule is COC(=O)N1C(=O)C2CC=C3C(CC4C(=O)N(c5ccccc5)C(=O)C4(C)C3c3ccc(OCCO)cc3)C2C1=O. The average molecular weight is 559 g/mol. The van der Waals surface area contributed by atoms with Crippen molar-refractivity contribution in [2.75, 3.05) is 25.2 Å². The highest BCUT2D eigenvalue weighted by atomic mass is 16.5. The van der Waals surface area contributed by atoms with Gasteiger partial charge < -0.3 is 14.6 Å². The summed E-state index contributed by atoms with van der Waals surface area (Å²) < 4.78 is 10.3. The van der Waals surface area contributed by atoms with Crippen molar-refractivity contribution in [2.24, 2.45) is 29.1 Å². The number of allylic oxidation sites excluding steroid dienone is 2. The average Bonchev–Trinajstić information content (AvgIpc) is 3.36. The zero-order valence-corrected chi connectivity index (χ0v) is 22.7. The third-order valence-corrected chi connectivity index (χ3v) is 9.22. The van der Waals surface area contributed by atoms with Gasteiger partial charge >= 0.3 is 6.09 Å². The highest BCUT2D eigenvalue weighted by Gasteiger charge is 2.68. The molecule has 0 aromatic heterocycles. The summed E-state index contributed by atoms with van der Waals surface area (Å²) in [5, 5.41) is 9.12. The third kappa shape index (κ3) is 3.84. The summed E-state index contributed by atoms with van der Waals surface area (Å²) >= 11 is 0. The Morgan fingerprint density at radius 1 is 0.976 bits per heavy atom. The number of rotatable bonds is 5. The summed E-state index contributed by atoms with van der Waals surface area (Å²) in [7, 11) is 1.12. The number of carbonyl (C=O) groups excluding carboxylic acids is 5. The summed E-state index contributed by atoms with van der Waals surface area (Å²) in [6, 6.07) is 15.9. The number of aliphatic hydroxyl groups is 1. The lowest BCUT2D eigenvalue weighted by Gasteiger charge is -2.49. The van der Waals surface area contributed by atoms with E-state index in [2.05, 4.69) is 0 Å². The Morgan fingerprint density at radius 2 is 1.68 bits per heavy atom. The molecule has 0 radical (unpaired) electrons. The van der Waals surface area contributed by atoms with E-state index in [0.717, 1.165) is 18.2 Å². The number of hydrogen-bond donors (Lipinski definition) is 1. The van der Waals surface area contributed by atoms with Crippen LogP contribution in [0.3, 0.4) is 0 Å². The Morgan fingerprint density at radius 3 is 2.34 bits per heavy atom. The number of ether oxygens (including phenoxy) is 2. The maximum atomic E-state index is 14.3. The number of amides is 5. The summed E-state index contributed by atoms with van der Waals surface area (Å²) in [6.07, 6.45) is 1.32. The number of benzene rings is 2. The fraction of sp³-hybridized carbons (Fsp3) is 0.387. The molecule has 6 unspecified atom stereocenters. The lowest BCUT2D eigenvalue weighted by Crippen LogP contribution is -2.49. The van der Waals surface area contributed by atoms with E-state index in [0.29, 0.717) is 16.3 Å². The van der Waals surface area contributed by atoms with Gasteiger partial charge in [-0.05, 0) is 55.5 Å². The van der Waals surface area contributed by atoms with Crippen molar-refractivity contribution >= 4 is 35.4 Å². The molecule has 2 aromatic rings. The van der Waals surface area contributed by atoms with Crippen molar-refractivity contribution in [3.8, 4) is 5.75 Å². The van der Waals surface area contributed by atoms with E-state index >= 15 is 0 Å². The van der Waals surface area contributed by atoms with Crippen LogP contribution in [0.2, 0.25) is 0 Å². The monoisotopic (exact) mass is 558 g/mol. The number of fused-ring (bicyclic) bond motifs is 4. The number of methoxy groups -OCH3 is 1. The van der Waals surface area contributed by atoms with Crippen LogP contribution >= 0.6 is 0 Å². The summed E-state index contributed by atoms with van der Waals surface area (Å²) in [4.78, 5) is 69.3. The third-order valence-electron chi connectivity index (χ3n) is 9.22. The fourth-order valence-electron chi connectivity index (χ4n) is 7.41. The number of imide groups is 4. The Bertz CT molecular complexity index is 1470. The normalized spacial score (nSPS) is 30.5. The molecule has 2 heterocycles. The smallest absolute Gasteiger partial charge is 0.423 e. The van der Waals surface area contributed by atoms with E-state index in [1.165, 1.54) is 4.90 Å². The van der Waals surface area contributed by atoms with Crippen LogP contribution in [0, 0.1) is 29.1 Å². The Labute approximate surface area is 236 Å². The van der Waals surface area contributed by atoms with Crippen LogP contribution < -0.4 is 9.64 Å². The van der Waals surface area contributed by atoms with Crippen LogP contribution in [-0.4, -0.2) is 60.1 Å². The molecular weight excluding hydrogens is 528 g/mol. The first-order valence-electron chi connectivity index (χ1n) is 13.7. The van der Waals surface area contributed by atoms with Crippen molar-refractivity contribution in [2.45, 2.75) is 25.7 Å². The molecule has 0 bridgehead atoms. The minimum atomic E-state index is -1.16. The molecule has 212 valence electrons. The first-order valence-corrected chi connectivity index (χ1v) is 13.7. The van der Waals surface area contributed by atoms with Gasteiger partial charge in [0.1, 0.15) is 12.4 Å². The van der Waals surface area contributed by atoms with Gasteiger partial charge in [0.05, 0.1) is 42.6 Å². The second-order valence-corrected chi connectivity index (χ2v) is 11.1. The molecule has 2 aromatic carbocycles. The minimum absolute atomic E-state index is 0.130. The Kier molecular flexibility index (Phi) is 6.53. The number of aliphatic hydroxyl groups excluding tert-OH is 1. The first-order chi connectivity index (χ1) is 19.7. The second-order valence-electron chi connectivity index (χ2n) is 11.1. The molecular formula is C31H30N2O8. The molecule has 6 atom stereocenters. The molecule has 5 amide bonds. The Balaban J connectivity index is 1.48. The summed E-state index contributed by atoms with van der Waals surface area (Å²) in [5.41, 5.74) is 0.894. The molecule has 2 aliphatic carbocycles. The number of carbonyl (C=O) groups is 5. The number of para-hydroxylation sites is 1. The van der Waals surface area contributed by atoms with Crippen molar-refractivity contribution in [3.63, 3.8) is 0 Å². The predicted molar refractivity (Wildman–Crippen MR) is 144 cm³/mol. The van der Waals surface area contributed by atoms with E-state index in [1.54, 1.807) is 36.4 Å². The number of anilines is 1. The largest absolute Gasteiger partial charge is 0.491 e. The maximum absolute atomic E-state index is 14.3. The lowest BCUT2D eigenvalue weighted by molar-refractivity contribution is -0.138. The predicted octanol–water partition coefficient (Wildman–Crippen LogP) is 3.05. The van der Waals surface area contributed by atoms with Gasteiger partial charge in [0.25, 0.3) is 0 Å². The quantitative estimate of drug-likeness (QED) is 0.438. The minimum Gasteiger partial charge on any atom is -0.491 e. The highest BCUT2D eigenvalue weighted by molar-refractivity contribution is 6.24. The van der Waals surface area contributed by atoms with Gasteiger partial charge in [0, 0.05) is 5.92 Å². The number of hydrogen-bond acceptors (Lipinski definition) is 8. The van der Waals surface area contributed by atoms with Gasteiger partial charge in [-0.3, -0.25) is 19.2 Å². The van der Waals surface area contributed by atoms with E-state index in [9.17, 15) is 24.0 Å². The molecule has 4 aliphatic rings. The van der Waals surface area contributed by atoms with Gasteiger partial charge in [-0.15, -0.1) is 0 Å². The van der Waals surface area contributed by atoms with Crippen LogP contribution in [0.25, 0.3) is 0 Å². The maximum Gasteiger partial charge on any atom is 0.423 e. The molecule has 1 N–H and O–H groups in total. The standard InChI is InChI=1S/C31H30N2O8/c1-31-23(27(36)32(29(31)38)18-6-4-3-5-7-18)16-22-20(25(31)17-8-10-19(11-9-17)41-15-14-34)12-13-21-24(22)28(37)33(26(21)35)30(39)40-2/h3-12,21-25,34H,13-16H2,1-2H3. The van der Waals surface area contributed by atoms with Crippen LogP contribution in [-0.2, 0) is 23.9 Å². The van der Waals surface area contributed by atoms with Crippen molar-refractivity contribution in [1.82, 2.24) is 4.90 Å². The molecule has 10 nitrogen and oxygen atoms in total. The van der Waals surface area contributed by atoms with E-state index in [1.807, 2.05) is 31.2 Å². The van der Waals surface area contributed by atoms with E-state index in [4.69, 9.17) is 14.6 Å². The highest BCUT2D eigenvalue weighted by Crippen LogP contribution is 2.63. The van der Waals surface area contributed by atoms with Crippen LogP contribution in [0.4, 0.5) is 10.5 Å². The number of likely N-dealkylation sites (tertiary alicyclic amines) is 1. The van der Waals surface area contributed by atoms with Crippen molar-refractivity contribution < 1.29 is 38.6 Å². The topological polar surface area (TPSA) is 131 Å². The van der Waals surface area contributed by atoms with E-state index < -0.39 is 52.9 Å². The van der Waals surface area contributed by atoms with Gasteiger partial charge in [0.2, 0.25) is 23.6 Å². The number of nitrogens with zero attached hydrogens (tertiary/aromatic N) is 2. The van der Waals surface area contributed by atoms with Gasteiger partial charge in [-0.1, -0.05) is 42.0 Å².